The Balaban J connectivity index is 0.00000288. The summed E-state index contributed by atoms with van der Waals surface area (Å²) in [5.74, 6) is -0.505. The molecule has 0 amide bonds. The van der Waals surface area contributed by atoms with Gasteiger partial charge in [0, 0.05) is 17.3 Å². The molecule has 1 aromatic heterocycles. The minimum absolute atomic E-state index is 0. The smallest absolute Gasteiger partial charge is 0.344 e. The molecule has 138 valence electrons. The molecule has 0 spiro atoms. The Morgan fingerprint density at radius 1 is 1.33 bits per heavy atom. The number of thiophene rings is 1. The standard InChI is InChI=1S/C18H29NO3S.ClH/c1-3-19(4-2)12-13-22-17(20)18(21,16-11-8-14-23-16)15-9-6-5-7-10-15;/h8,11,14-15,21H,3-7,9-10,12-13H2,1-2H3;1H. The van der Waals surface area contributed by atoms with Gasteiger partial charge in [-0.3, -0.25) is 0 Å². The maximum Gasteiger partial charge on any atom is 0.344 e. The van der Waals surface area contributed by atoms with Crippen molar-refractivity contribution in [3.05, 3.63) is 22.4 Å². The first-order valence-electron chi connectivity index (χ1n) is 8.78. The fourth-order valence-electron chi connectivity index (χ4n) is 3.40. The third-order valence-electron chi connectivity index (χ3n) is 4.94. The summed E-state index contributed by atoms with van der Waals surface area (Å²) < 4.78 is 5.49. The highest BCUT2D eigenvalue weighted by Crippen LogP contribution is 2.42. The molecule has 0 radical (unpaired) electrons. The van der Waals surface area contributed by atoms with Gasteiger partial charge in [0.25, 0.3) is 0 Å². The van der Waals surface area contributed by atoms with Crippen molar-refractivity contribution in [3.63, 3.8) is 0 Å². The lowest BCUT2D eigenvalue weighted by atomic mass is 9.76. The third-order valence-corrected chi connectivity index (χ3v) is 5.93. The minimum Gasteiger partial charge on any atom is -0.462 e. The van der Waals surface area contributed by atoms with E-state index in [1.54, 1.807) is 0 Å². The van der Waals surface area contributed by atoms with Crippen LogP contribution in [0.25, 0.3) is 0 Å². The number of rotatable bonds is 8. The number of halogens is 1. The molecule has 1 aliphatic carbocycles. The molecule has 1 saturated carbocycles. The molecule has 0 aliphatic heterocycles. The van der Waals surface area contributed by atoms with E-state index >= 15 is 0 Å². The zero-order valence-electron chi connectivity index (χ0n) is 14.7. The molecular formula is C18H30ClNO3S. The summed E-state index contributed by atoms with van der Waals surface area (Å²) in [4.78, 5) is 15.7. The van der Waals surface area contributed by atoms with Gasteiger partial charge >= 0.3 is 5.97 Å². The average Bonchev–Trinajstić information content (AvgIpc) is 3.13. The van der Waals surface area contributed by atoms with E-state index in [-0.39, 0.29) is 18.3 Å². The van der Waals surface area contributed by atoms with Crippen molar-refractivity contribution < 1.29 is 14.6 Å². The fraction of sp³-hybridized carbons (Fsp3) is 0.722. The van der Waals surface area contributed by atoms with E-state index < -0.39 is 11.6 Å². The number of carbonyl (C=O) groups excluding carboxylic acids is 1. The van der Waals surface area contributed by atoms with Crippen molar-refractivity contribution in [2.24, 2.45) is 5.92 Å². The number of hydrogen-bond acceptors (Lipinski definition) is 5. The largest absolute Gasteiger partial charge is 0.462 e. The van der Waals surface area contributed by atoms with E-state index in [1.807, 2.05) is 17.5 Å². The zero-order valence-corrected chi connectivity index (χ0v) is 16.3. The van der Waals surface area contributed by atoms with Crippen LogP contribution in [0.2, 0.25) is 0 Å². The van der Waals surface area contributed by atoms with Crippen molar-refractivity contribution in [1.82, 2.24) is 4.90 Å². The van der Waals surface area contributed by atoms with Gasteiger partial charge in [-0.15, -0.1) is 23.7 Å². The molecule has 1 aliphatic rings. The fourth-order valence-corrected chi connectivity index (χ4v) is 4.29. The molecule has 24 heavy (non-hydrogen) atoms. The molecule has 0 bridgehead atoms. The van der Waals surface area contributed by atoms with Gasteiger partial charge in [0.1, 0.15) is 6.61 Å². The zero-order chi connectivity index (χ0) is 16.7. The first-order valence-corrected chi connectivity index (χ1v) is 9.66. The van der Waals surface area contributed by atoms with E-state index in [4.69, 9.17) is 4.74 Å². The van der Waals surface area contributed by atoms with Gasteiger partial charge in [0.2, 0.25) is 0 Å². The van der Waals surface area contributed by atoms with E-state index in [1.165, 1.54) is 17.8 Å². The number of likely N-dealkylation sites (N-methyl/N-ethyl adjacent to an activating group) is 1. The second-order valence-corrected chi connectivity index (χ2v) is 7.19. The van der Waals surface area contributed by atoms with Gasteiger partial charge in [-0.1, -0.05) is 39.2 Å². The van der Waals surface area contributed by atoms with Crippen LogP contribution in [0.15, 0.2) is 17.5 Å². The predicted molar refractivity (Wildman–Crippen MR) is 101 cm³/mol. The van der Waals surface area contributed by atoms with Crippen LogP contribution in [0, 0.1) is 5.92 Å². The maximum absolute atomic E-state index is 12.7. The molecule has 1 fully saturated rings. The van der Waals surface area contributed by atoms with Crippen LogP contribution in [0.3, 0.4) is 0 Å². The Morgan fingerprint density at radius 2 is 2.00 bits per heavy atom. The Bertz CT molecular complexity index is 473. The van der Waals surface area contributed by atoms with Gasteiger partial charge in [0.05, 0.1) is 0 Å². The van der Waals surface area contributed by atoms with Gasteiger partial charge in [0.15, 0.2) is 5.60 Å². The van der Waals surface area contributed by atoms with Crippen LogP contribution in [-0.2, 0) is 15.1 Å². The van der Waals surface area contributed by atoms with Crippen molar-refractivity contribution >= 4 is 29.7 Å². The summed E-state index contributed by atoms with van der Waals surface area (Å²) in [6, 6.07) is 3.74. The Morgan fingerprint density at radius 3 is 2.54 bits per heavy atom. The highest BCUT2D eigenvalue weighted by Gasteiger charge is 2.47. The van der Waals surface area contributed by atoms with E-state index in [0.29, 0.717) is 13.2 Å². The van der Waals surface area contributed by atoms with E-state index in [9.17, 15) is 9.90 Å². The molecular weight excluding hydrogens is 346 g/mol. The normalized spacial score (nSPS) is 18.0. The summed E-state index contributed by atoms with van der Waals surface area (Å²) in [5.41, 5.74) is -1.47. The second kappa shape index (κ2) is 10.4. The summed E-state index contributed by atoms with van der Waals surface area (Å²) in [5, 5.41) is 13.2. The monoisotopic (exact) mass is 375 g/mol. The van der Waals surface area contributed by atoms with Crippen LogP contribution in [0.4, 0.5) is 0 Å². The van der Waals surface area contributed by atoms with Gasteiger partial charge in [-0.2, -0.15) is 0 Å². The van der Waals surface area contributed by atoms with Crippen molar-refractivity contribution in [1.29, 1.82) is 0 Å². The SMILES string of the molecule is CCN(CC)CCOC(=O)C(O)(c1cccs1)C1CCCCC1.Cl. The van der Waals surface area contributed by atoms with Crippen LogP contribution in [-0.4, -0.2) is 42.2 Å². The quantitative estimate of drug-likeness (QED) is 0.701. The lowest BCUT2D eigenvalue weighted by molar-refractivity contribution is -0.175. The lowest BCUT2D eigenvalue weighted by Gasteiger charge is -2.35. The molecule has 0 aromatic carbocycles. The van der Waals surface area contributed by atoms with Gasteiger partial charge in [-0.25, -0.2) is 4.79 Å². The van der Waals surface area contributed by atoms with Gasteiger partial charge in [-0.05, 0) is 37.4 Å². The minimum atomic E-state index is -1.47. The molecule has 1 atom stereocenters. The Kier molecular flexibility index (Phi) is 9.27. The summed E-state index contributed by atoms with van der Waals surface area (Å²) >= 11 is 1.44. The number of nitrogens with zero attached hydrogens (tertiary/aromatic N) is 1. The Labute approximate surface area is 155 Å². The number of hydrogen-bond donors (Lipinski definition) is 1. The molecule has 0 saturated heterocycles. The molecule has 1 N–H and O–H groups in total. The van der Waals surface area contributed by atoms with E-state index in [2.05, 4.69) is 18.7 Å². The molecule has 1 aromatic rings. The molecule has 1 heterocycles. The summed E-state index contributed by atoms with van der Waals surface area (Å²) in [6.07, 6.45) is 5.11. The highest BCUT2D eigenvalue weighted by molar-refractivity contribution is 7.10. The van der Waals surface area contributed by atoms with Crippen LogP contribution in [0.1, 0.15) is 50.8 Å². The highest BCUT2D eigenvalue weighted by atomic mass is 35.5. The summed E-state index contributed by atoms with van der Waals surface area (Å²) in [6.45, 7) is 7.10. The molecule has 2 rings (SSSR count). The first kappa shape index (κ1) is 21.4. The Hall–Kier alpha value is -0.620. The van der Waals surface area contributed by atoms with Crippen molar-refractivity contribution in [3.8, 4) is 0 Å². The first-order chi connectivity index (χ1) is 11.1. The lowest BCUT2D eigenvalue weighted by Crippen LogP contribution is -2.45. The van der Waals surface area contributed by atoms with Crippen LogP contribution in [0.5, 0.6) is 0 Å². The number of carbonyl (C=O) groups is 1. The molecule has 4 nitrogen and oxygen atoms in total. The van der Waals surface area contributed by atoms with Crippen LogP contribution < -0.4 is 0 Å². The molecule has 6 heteroatoms. The second-order valence-electron chi connectivity index (χ2n) is 6.24. The molecule has 1 unspecified atom stereocenters. The number of aliphatic hydroxyl groups is 1. The average molecular weight is 376 g/mol. The van der Waals surface area contributed by atoms with Crippen molar-refractivity contribution in [2.75, 3.05) is 26.2 Å². The number of esters is 1. The van der Waals surface area contributed by atoms with Gasteiger partial charge < -0.3 is 14.7 Å². The predicted octanol–water partition coefficient (Wildman–Crippen LogP) is 3.82. The van der Waals surface area contributed by atoms with Crippen molar-refractivity contribution in [2.45, 2.75) is 51.6 Å². The summed E-state index contributed by atoms with van der Waals surface area (Å²) in [7, 11) is 0. The third kappa shape index (κ3) is 4.94. The maximum atomic E-state index is 12.7. The van der Waals surface area contributed by atoms with E-state index in [0.717, 1.165) is 43.6 Å². The number of ether oxygens (including phenoxy) is 1. The topological polar surface area (TPSA) is 49.8 Å². The van der Waals surface area contributed by atoms with Crippen LogP contribution >= 0.6 is 23.7 Å².